The molecule has 0 aliphatic carbocycles. The van der Waals surface area contributed by atoms with Gasteiger partial charge in [0.05, 0.1) is 16.2 Å². The summed E-state index contributed by atoms with van der Waals surface area (Å²) in [5.41, 5.74) is 0.277. The van der Waals surface area contributed by atoms with E-state index in [0.29, 0.717) is 32.0 Å². The molecule has 0 bridgehead atoms. The van der Waals surface area contributed by atoms with Crippen LogP contribution in [0, 0.1) is 0 Å². The average molecular weight is 409 g/mol. The van der Waals surface area contributed by atoms with Crippen LogP contribution in [0.15, 0.2) is 47.4 Å². The number of amides is 1. The van der Waals surface area contributed by atoms with Crippen molar-refractivity contribution in [3.05, 3.63) is 58.5 Å². The lowest BCUT2D eigenvalue weighted by molar-refractivity contribution is -0.137. The SMILES string of the molecule is O=C1/C(=C/c2ccc(C(F)(F)F)cc2)SC(=S)N1c1ccc2c(c1)OCO2. The van der Waals surface area contributed by atoms with E-state index in [1.807, 2.05) is 0 Å². The molecule has 0 spiro atoms. The van der Waals surface area contributed by atoms with E-state index in [2.05, 4.69) is 0 Å². The van der Waals surface area contributed by atoms with Gasteiger partial charge in [-0.25, -0.2) is 0 Å². The molecular weight excluding hydrogens is 399 g/mol. The molecule has 0 N–H and O–H groups in total. The number of hydrogen-bond acceptors (Lipinski definition) is 5. The number of ether oxygens (including phenoxy) is 2. The van der Waals surface area contributed by atoms with E-state index < -0.39 is 11.7 Å². The molecule has 2 aromatic carbocycles. The normalized spacial score (nSPS) is 17.9. The maximum atomic E-state index is 12.7. The predicted octanol–water partition coefficient (Wildman–Crippen LogP) is 4.84. The summed E-state index contributed by atoms with van der Waals surface area (Å²) >= 11 is 6.39. The van der Waals surface area contributed by atoms with Crippen molar-refractivity contribution in [3.8, 4) is 11.5 Å². The van der Waals surface area contributed by atoms with Crippen LogP contribution in [0.5, 0.6) is 11.5 Å². The predicted molar refractivity (Wildman–Crippen MR) is 99.7 cm³/mol. The van der Waals surface area contributed by atoms with Crippen LogP contribution in [-0.2, 0) is 11.0 Å². The first-order valence-corrected chi connectivity index (χ1v) is 8.90. The molecule has 0 saturated carbocycles. The van der Waals surface area contributed by atoms with Gasteiger partial charge in [-0.3, -0.25) is 9.69 Å². The zero-order valence-electron chi connectivity index (χ0n) is 13.4. The zero-order chi connectivity index (χ0) is 19.2. The molecule has 0 atom stereocenters. The Morgan fingerprint density at radius 1 is 1.07 bits per heavy atom. The number of carbonyl (C=O) groups excluding carboxylic acids is 1. The first-order valence-electron chi connectivity index (χ1n) is 7.68. The third kappa shape index (κ3) is 3.40. The Balaban J connectivity index is 1.60. The van der Waals surface area contributed by atoms with E-state index in [-0.39, 0.29) is 12.7 Å². The minimum atomic E-state index is -4.40. The maximum Gasteiger partial charge on any atom is 0.416 e. The van der Waals surface area contributed by atoms with Gasteiger partial charge in [-0.2, -0.15) is 13.2 Å². The Bertz CT molecular complexity index is 971. The molecule has 2 aliphatic rings. The lowest BCUT2D eigenvalue weighted by Gasteiger charge is -2.14. The second-order valence-corrected chi connectivity index (χ2v) is 7.35. The first-order chi connectivity index (χ1) is 12.8. The smallest absolute Gasteiger partial charge is 0.416 e. The highest BCUT2D eigenvalue weighted by atomic mass is 32.2. The summed E-state index contributed by atoms with van der Waals surface area (Å²) in [7, 11) is 0. The Hall–Kier alpha value is -2.52. The van der Waals surface area contributed by atoms with Gasteiger partial charge in [-0.1, -0.05) is 36.1 Å². The highest BCUT2D eigenvalue weighted by molar-refractivity contribution is 8.27. The minimum absolute atomic E-state index is 0.116. The summed E-state index contributed by atoms with van der Waals surface area (Å²) in [4.78, 5) is 14.4. The second-order valence-electron chi connectivity index (χ2n) is 5.67. The van der Waals surface area contributed by atoms with Gasteiger partial charge in [0.25, 0.3) is 5.91 Å². The monoisotopic (exact) mass is 409 g/mol. The molecule has 0 unspecified atom stereocenters. The van der Waals surface area contributed by atoms with Crippen molar-refractivity contribution in [2.45, 2.75) is 6.18 Å². The molecule has 4 rings (SSSR count). The van der Waals surface area contributed by atoms with Gasteiger partial charge in [0.1, 0.15) is 0 Å². The van der Waals surface area contributed by atoms with E-state index in [9.17, 15) is 18.0 Å². The lowest BCUT2D eigenvalue weighted by atomic mass is 10.1. The molecule has 138 valence electrons. The molecule has 2 heterocycles. The fourth-order valence-corrected chi connectivity index (χ4v) is 3.93. The number of hydrogen-bond donors (Lipinski definition) is 0. The fraction of sp³-hybridized carbons (Fsp3) is 0.111. The van der Waals surface area contributed by atoms with Crippen LogP contribution in [0.25, 0.3) is 6.08 Å². The number of carbonyl (C=O) groups is 1. The number of thiocarbonyl (C=S) groups is 1. The Morgan fingerprint density at radius 3 is 2.48 bits per heavy atom. The van der Waals surface area contributed by atoms with Crippen LogP contribution in [0.1, 0.15) is 11.1 Å². The van der Waals surface area contributed by atoms with E-state index in [4.69, 9.17) is 21.7 Å². The van der Waals surface area contributed by atoms with Crippen molar-refractivity contribution in [2.24, 2.45) is 0 Å². The van der Waals surface area contributed by atoms with Crippen LogP contribution in [-0.4, -0.2) is 17.0 Å². The maximum absolute atomic E-state index is 12.7. The zero-order valence-corrected chi connectivity index (χ0v) is 15.1. The van der Waals surface area contributed by atoms with Crippen LogP contribution in [0.3, 0.4) is 0 Å². The van der Waals surface area contributed by atoms with Crippen LogP contribution < -0.4 is 14.4 Å². The Kier molecular flexibility index (Phi) is 4.35. The van der Waals surface area contributed by atoms with Gasteiger partial charge in [0.2, 0.25) is 6.79 Å². The Labute approximate surface area is 161 Å². The highest BCUT2D eigenvalue weighted by Crippen LogP contribution is 2.41. The van der Waals surface area contributed by atoms with Crippen molar-refractivity contribution < 1.29 is 27.4 Å². The first kappa shape index (κ1) is 17.9. The molecular formula is C18H10F3NO3S2. The number of anilines is 1. The van der Waals surface area contributed by atoms with Gasteiger partial charge >= 0.3 is 6.18 Å². The average Bonchev–Trinajstić information content (AvgIpc) is 3.18. The van der Waals surface area contributed by atoms with E-state index in [1.54, 1.807) is 18.2 Å². The number of halogens is 3. The molecule has 9 heteroatoms. The number of alkyl halides is 3. The molecule has 0 aromatic heterocycles. The van der Waals surface area contributed by atoms with E-state index >= 15 is 0 Å². The van der Waals surface area contributed by atoms with E-state index in [0.717, 1.165) is 23.9 Å². The molecule has 2 aromatic rings. The summed E-state index contributed by atoms with van der Waals surface area (Å²) < 4.78 is 48.9. The molecule has 4 nitrogen and oxygen atoms in total. The quantitative estimate of drug-likeness (QED) is 0.524. The number of benzene rings is 2. The van der Waals surface area contributed by atoms with Crippen molar-refractivity contribution >= 4 is 46.0 Å². The van der Waals surface area contributed by atoms with Crippen molar-refractivity contribution in [2.75, 3.05) is 11.7 Å². The summed E-state index contributed by atoms with van der Waals surface area (Å²) in [6.45, 7) is 0.116. The lowest BCUT2D eigenvalue weighted by Crippen LogP contribution is -2.27. The summed E-state index contributed by atoms with van der Waals surface area (Å²) in [5.74, 6) is 0.765. The molecule has 1 amide bonds. The molecule has 2 aliphatic heterocycles. The third-order valence-electron chi connectivity index (χ3n) is 3.94. The van der Waals surface area contributed by atoms with Crippen molar-refractivity contribution in [3.63, 3.8) is 0 Å². The van der Waals surface area contributed by atoms with Crippen molar-refractivity contribution in [1.29, 1.82) is 0 Å². The standard InChI is InChI=1S/C18H10F3NO3S2/c19-18(20,21)11-3-1-10(2-4-11)7-15-16(23)22(17(26)27-15)12-5-6-13-14(8-12)25-9-24-13/h1-8H,9H2/b15-7-. The van der Waals surface area contributed by atoms with Crippen molar-refractivity contribution in [1.82, 2.24) is 0 Å². The van der Waals surface area contributed by atoms with Gasteiger partial charge < -0.3 is 9.47 Å². The number of fused-ring (bicyclic) bond motifs is 1. The molecule has 1 saturated heterocycles. The van der Waals surface area contributed by atoms with Crippen LogP contribution in [0.2, 0.25) is 0 Å². The fourth-order valence-electron chi connectivity index (χ4n) is 2.63. The number of rotatable bonds is 2. The van der Waals surface area contributed by atoms with Crippen LogP contribution in [0.4, 0.5) is 18.9 Å². The molecule has 0 radical (unpaired) electrons. The second kappa shape index (κ2) is 6.58. The highest BCUT2D eigenvalue weighted by Gasteiger charge is 2.34. The Morgan fingerprint density at radius 2 is 1.78 bits per heavy atom. The molecule has 27 heavy (non-hydrogen) atoms. The minimum Gasteiger partial charge on any atom is -0.454 e. The number of thioether (sulfide) groups is 1. The summed E-state index contributed by atoms with van der Waals surface area (Å²) in [6.07, 6.45) is -2.88. The van der Waals surface area contributed by atoms with E-state index in [1.165, 1.54) is 23.1 Å². The largest absolute Gasteiger partial charge is 0.454 e. The summed E-state index contributed by atoms with van der Waals surface area (Å²) in [5, 5.41) is 0. The van der Waals surface area contributed by atoms with Gasteiger partial charge in [0, 0.05) is 6.07 Å². The topological polar surface area (TPSA) is 38.8 Å². The third-order valence-corrected chi connectivity index (χ3v) is 5.25. The summed E-state index contributed by atoms with van der Waals surface area (Å²) in [6, 6.07) is 9.63. The van der Waals surface area contributed by atoms with Gasteiger partial charge in [0.15, 0.2) is 15.8 Å². The van der Waals surface area contributed by atoms with Gasteiger partial charge in [-0.15, -0.1) is 0 Å². The molecule has 1 fully saturated rings. The van der Waals surface area contributed by atoms with Gasteiger partial charge in [-0.05, 0) is 35.9 Å². The van der Waals surface area contributed by atoms with Crippen LogP contribution >= 0.6 is 24.0 Å². The number of nitrogens with zero attached hydrogens (tertiary/aromatic N) is 1.